The van der Waals surface area contributed by atoms with Crippen molar-refractivity contribution >= 4 is 11.8 Å². The van der Waals surface area contributed by atoms with E-state index in [4.69, 9.17) is 16.9 Å². The molecule has 0 fully saturated rings. The van der Waals surface area contributed by atoms with E-state index in [0.29, 0.717) is 37.2 Å². The van der Waals surface area contributed by atoms with Crippen LogP contribution in [0.2, 0.25) is 0 Å². The fraction of sp³-hybridized carbons (Fsp3) is 0.412. The summed E-state index contributed by atoms with van der Waals surface area (Å²) in [6.45, 7) is 5.95. The van der Waals surface area contributed by atoms with Crippen molar-refractivity contribution in [1.82, 2.24) is 10.2 Å². The number of rotatable bonds is 15. The third-order valence-electron chi connectivity index (χ3n) is 7.64. The molecule has 3 rings (SSSR count). The van der Waals surface area contributed by atoms with Gasteiger partial charge in [0.1, 0.15) is 5.75 Å². The van der Waals surface area contributed by atoms with Gasteiger partial charge in [0.25, 0.3) is 0 Å². The van der Waals surface area contributed by atoms with E-state index in [9.17, 15) is 14.7 Å². The number of primary amides is 1. The van der Waals surface area contributed by atoms with Crippen molar-refractivity contribution < 1.29 is 19.4 Å². The third kappa shape index (κ3) is 8.09. The first kappa shape index (κ1) is 31.7. The molecule has 0 radical (unpaired) electrons. The largest absolute Gasteiger partial charge is 0.497 e. The van der Waals surface area contributed by atoms with Gasteiger partial charge in [-0.05, 0) is 55.0 Å². The van der Waals surface area contributed by atoms with E-state index in [-0.39, 0.29) is 18.9 Å². The summed E-state index contributed by atoms with van der Waals surface area (Å²) in [6.07, 6.45) is 10.3. The standard InChI is InChI=1S/C34H43N3O4/c1-5-16-37(17-6-2)32(39)28-18-25(7-3)21-34(22-28,33(35)40)30(20-26-12-9-8-10-13-26)31(38)24-36-23-27-14-11-15-29(19-27)41-4/h3,8-15,18-19,21,30-31,36,38H,5-6,16-17,20,22-24H2,1-2,4H3,(H2,35,40)/t30-,31+,34?/m1/s1. The molecular formula is C34H43N3O4. The van der Waals surface area contributed by atoms with E-state index in [1.165, 1.54) is 0 Å². The monoisotopic (exact) mass is 557 g/mol. The Kier molecular flexibility index (Phi) is 11.8. The highest BCUT2D eigenvalue weighted by molar-refractivity contribution is 5.97. The van der Waals surface area contributed by atoms with Gasteiger partial charge in [0.05, 0.1) is 18.6 Å². The summed E-state index contributed by atoms with van der Waals surface area (Å²) in [4.78, 5) is 28.9. The number of aliphatic hydroxyl groups excluding tert-OH is 1. The third-order valence-corrected chi connectivity index (χ3v) is 7.64. The summed E-state index contributed by atoms with van der Waals surface area (Å²) < 4.78 is 5.32. The predicted molar refractivity (Wildman–Crippen MR) is 163 cm³/mol. The highest BCUT2D eigenvalue weighted by atomic mass is 16.5. The van der Waals surface area contributed by atoms with Gasteiger partial charge in [-0.3, -0.25) is 9.59 Å². The zero-order chi connectivity index (χ0) is 29.8. The Labute approximate surface area is 244 Å². The summed E-state index contributed by atoms with van der Waals surface area (Å²) in [7, 11) is 1.62. The zero-order valence-electron chi connectivity index (χ0n) is 24.4. The molecule has 7 nitrogen and oxygen atoms in total. The van der Waals surface area contributed by atoms with Crippen LogP contribution in [0.5, 0.6) is 5.75 Å². The SMILES string of the molecule is C#CC1=CC(C(N)=O)([C@H](Cc2ccccc2)[C@@H](O)CNCc2cccc(OC)c2)CC(C(=O)N(CCC)CCC)=C1. The second kappa shape index (κ2) is 15.2. The van der Waals surface area contributed by atoms with Crippen LogP contribution in [0, 0.1) is 23.7 Å². The van der Waals surface area contributed by atoms with Gasteiger partial charge in [-0.15, -0.1) is 6.42 Å². The van der Waals surface area contributed by atoms with Gasteiger partial charge in [-0.25, -0.2) is 0 Å². The number of nitrogens with zero attached hydrogens (tertiary/aromatic N) is 1. The van der Waals surface area contributed by atoms with Crippen LogP contribution in [0.1, 0.15) is 44.2 Å². The van der Waals surface area contributed by atoms with E-state index in [1.54, 1.807) is 24.2 Å². The van der Waals surface area contributed by atoms with E-state index >= 15 is 0 Å². The molecule has 0 saturated carbocycles. The van der Waals surface area contributed by atoms with Crippen LogP contribution < -0.4 is 15.8 Å². The van der Waals surface area contributed by atoms with E-state index in [1.807, 2.05) is 68.4 Å². The Morgan fingerprint density at radius 2 is 1.80 bits per heavy atom. The number of carbonyl (C=O) groups is 2. The molecule has 218 valence electrons. The topological polar surface area (TPSA) is 105 Å². The van der Waals surface area contributed by atoms with Crippen molar-refractivity contribution in [2.75, 3.05) is 26.7 Å². The molecule has 0 bridgehead atoms. The quantitative estimate of drug-likeness (QED) is 0.287. The van der Waals surface area contributed by atoms with Crippen LogP contribution >= 0.6 is 0 Å². The highest BCUT2D eigenvalue weighted by Gasteiger charge is 2.48. The molecule has 1 aliphatic rings. The Morgan fingerprint density at radius 1 is 1.12 bits per heavy atom. The first-order valence-corrected chi connectivity index (χ1v) is 14.3. The van der Waals surface area contributed by atoms with Gasteiger partial charge in [0, 0.05) is 43.2 Å². The Hall–Kier alpha value is -3.86. The second-order valence-corrected chi connectivity index (χ2v) is 10.6. The molecule has 2 amide bonds. The summed E-state index contributed by atoms with van der Waals surface area (Å²) in [5, 5.41) is 15.0. The lowest BCUT2D eigenvalue weighted by Crippen LogP contribution is -2.51. The minimum atomic E-state index is -1.36. The summed E-state index contributed by atoms with van der Waals surface area (Å²) in [5.41, 5.74) is 7.61. The molecule has 2 aromatic rings. The summed E-state index contributed by atoms with van der Waals surface area (Å²) in [6, 6.07) is 17.3. The van der Waals surface area contributed by atoms with Gasteiger partial charge in [0.15, 0.2) is 0 Å². The van der Waals surface area contributed by atoms with Crippen molar-refractivity contribution in [2.24, 2.45) is 17.1 Å². The number of allylic oxidation sites excluding steroid dienone is 2. The molecule has 2 aromatic carbocycles. The van der Waals surface area contributed by atoms with E-state index < -0.39 is 23.3 Å². The number of amides is 2. The normalized spacial score (nSPS) is 17.9. The molecule has 1 aliphatic carbocycles. The molecule has 41 heavy (non-hydrogen) atoms. The number of benzene rings is 2. The lowest BCUT2D eigenvalue weighted by molar-refractivity contribution is -0.132. The van der Waals surface area contributed by atoms with Gasteiger partial charge in [0.2, 0.25) is 11.8 Å². The first-order valence-electron chi connectivity index (χ1n) is 14.3. The van der Waals surface area contributed by atoms with Crippen LogP contribution in [0.15, 0.2) is 77.9 Å². The first-order chi connectivity index (χ1) is 19.8. The number of hydrogen-bond donors (Lipinski definition) is 3. The average Bonchev–Trinajstić information content (AvgIpc) is 2.99. The maximum atomic E-state index is 13.7. The van der Waals surface area contributed by atoms with Gasteiger partial charge in [-0.2, -0.15) is 0 Å². The van der Waals surface area contributed by atoms with Crippen molar-refractivity contribution in [1.29, 1.82) is 0 Å². The van der Waals surface area contributed by atoms with Gasteiger partial charge in [-0.1, -0.05) is 68.3 Å². The van der Waals surface area contributed by atoms with E-state index in [2.05, 4.69) is 11.2 Å². The fourth-order valence-corrected chi connectivity index (χ4v) is 5.60. The Balaban J connectivity index is 1.97. The van der Waals surface area contributed by atoms with Crippen LogP contribution in [0.25, 0.3) is 0 Å². The molecule has 0 saturated heterocycles. The van der Waals surface area contributed by atoms with Crippen LogP contribution in [0.3, 0.4) is 0 Å². The number of ether oxygens (including phenoxy) is 1. The number of carbonyl (C=O) groups excluding carboxylic acids is 2. The van der Waals surface area contributed by atoms with Gasteiger partial charge >= 0.3 is 0 Å². The maximum absolute atomic E-state index is 13.7. The second-order valence-electron chi connectivity index (χ2n) is 10.6. The maximum Gasteiger partial charge on any atom is 0.249 e. The highest BCUT2D eigenvalue weighted by Crippen LogP contribution is 2.44. The van der Waals surface area contributed by atoms with Crippen LogP contribution in [0.4, 0.5) is 0 Å². The van der Waals surface area contributed by atoms with Crippen LogP contribution in [-0.2, 0) is 22.6 Å². The molecule has 3 atom stereocenters. The lowest BCUT2D eigenvalue weighted by atomic mass is 9.63. The molecule has 0 aliphatic heterocycles. The number of methoxy groups -OCH3 is 1. The number of nitrogens with one attached hydrogen (secondary N) is 1. The molecule has 0 heterocycles. The number of aliphatic hydroxyl groups is 1. The van der Waals surface area contributed by atoms with E-state index in [0.717, 1.165) is 29.7 Å². The number of terminal acetylenes is 1. The minimum absolute atomic E-state index is 0.0702. The molecule has 1 unspecified atom stereocenters. The molecule has 7 heteroatoms. The summed E-state index contributed by atoms with van der Waals surface area (Å²) in [5.74, 6) is 1.97. The minimum Gasteiger partial charge on any atom is -0.497 e. The number of nitrogens with two attached hydrogens (primary N) is 1. The van der Waals surface area contributed by atoms with Crippen molar-refractivity contribution in [2.45, 2.75) is 52.2 Å². The Bertz CT molecular complexity index is 1270. The fourth-order valence-electron chi connectivity index (χ4n) is 5.60. The molecule has 4 N–H and O–H groups in total. The van der Waals surface area contributed by atoms with Crippen molar-refractivity contribution in [3.63, 3.8) is 0 Å². The predicted octanol–water partition coefficient (Wildman–Crippen LogP) is 4.01. The van der Waals surface area contributed by atoms with Crippen LogP contribution in [-0.4, -0.2) is 54.7 Å². The van der Waals surface area contributed by atoms with Gasteiger partial charge < -0.3 is 25.8 Å². The van der Waals surface area contributed by atoms with Crippen molar-refractivity contribution in [3.05, 3.63) is 89.0 Å². The average molecular weight is 558 g/mol. The smallest absolute Gasteiger partial charge is 0.249 e. The Morgan fingerprint density at radius 3 is 2.41 bits per heavy atom. The van der Waals surface area contributed by atoms with Crippen molar-refractivity contribution in [3.8, 4) is 18.1 Å². The molecule has 0 aromatic heterocycles. The molecule has 0 spiro atoms. The zero-order valence-corrected chi connectivity index (χ0v) is 24.4. The summed E-state index contributed by atoms with van der Waals surface area (Å²) >= 11 is 0. The number of hydrogen-bond acceptors (Lipinski definition) is 5. The lowest BCUT2D eigenvalue weighted by Gasteiger charge is -2.41. The molecular weight excluding hydrogens is 514 g/mol.